The second-order valence-electron chi connectivity index (χ2n) is 2.64. The Kier molecular flexibility index (Phi) is 6.38. The van der Waals surface area contributed by atoms with E-state index in [4.69, 9.17) is 0 Å². The van der Waals surface area contributed by atoms with Crippen LogP contribution in [0.3, 0.4) is 0 Å². The molecular formula is C10H18. The van der Waals surface area contributed by atoms with Crippen LogP contribution in [-0.2, 0) is 0 Å². The number of hydrogen-bond acceptors (Lipinski definition) is 0. The summed E-state index contributed by atoms with van der Waals surface area (Å²) in [4.78, 5) is 0. The van der Waals surface area contributed by atoms with Crippen molar-refractivity contribution in [3.63, 3.8) is 0 Å². The molecule has 0 nitrogen and oxygen atoms in total. The van der Waals surface area contributed by atoms with Gasteiger partial charge in [0, 0.05) is 5.92 Å². The molecule has 0 heterocycles. The summed E-state index contributed by atoms with van der Waals surface area (Å²) < 4.78 is 0. The molecule has 0 aliphatic carbocycles. The topological polar surface area (TPSA) is 0 Å². The predicted octanol–water partition coefficient (Wildman–Crippen LogP) is 3.23. The molecule has 0 aliphatic heterocycles. The van der Waals surface area contributed by atoms with Crippen LogP contribution in [0.25, 0.3) is 0 Å². The van der Waals surface area contributed by atoms with Gasteiger partial charge in [-0.15, -0.1) is 11.8 Å². The third kappa shape index (κ3) is 4.44. The minimum absolute atomic E-state index is 0.657. The maximum absolute atomic E-state index is 3.22. The lowest BCUT2D eigenvalue weighted by Crippen LogP contribution is -1.93. The van der Waals surface area contributed by atoms with Gasteiger partial charge in [0.15, 0.2) is 0 Å². The highest BCUT2D eigenvalue weighted by molar-refractivity contribution is 5.00. The minimum Gasteiger partial charge on any atom is -0.106 e. The van der Waals surface area contributed by atoms with Crippen molar-refractivity contribution in [3.05, 3.63) is 0 Å². The largest absolute Gasteiger partial charge is 0.106 e. The van der Waals surface area contributed by atoms with Crippen LogP contribution in [0.2, 0.25) is 0 Å². The van der Waals surface area contributed by atoms with Gasteiger partial charge in [-0.05, 0) is 19.8 Å². The highest BCUT2D eigenvalue weighted by Crippen LogP contribution is 2.10. The van der Waals surface area contributed by atoms with Crippen LogP contribution < -0.4 is 0 Å². The van der Waals surface area contributed by atoms with Gasteiger partial charge < -0.3 is 0 Å². The zero-order valence-electron chi connectivity index (χ0n) is 7.41. The summed E-state index contributed by atoms with van der Waals surface area (Å²) in [6.07, 6.45) is 5.11. The van der Waals surface area contributed by atoms with Crippen LogP contribution >= 0.6 is 0 Å². The molecule has 0 rings (SSSR count). The van der Waals surface area contributed by atoms with Gasteiger partial charge in [-0.1, -0.05) is 26.7 Å². The number of rotatable bonds is 4. The fraction of sp³-hybridized carbons (Fsp3) is 0.800. The second-order valence-corrected chi connectivity index (χ2v) is 2.64. The van der Waals surface area contributed by atoms with E-state index in [0.717, 1.165) is 0 Å². The standard InChI is InChI=1S/C10H18/c1-4-7-9-10(6-3)8-5-2/h10H,4,6-7,9H2,1-3H3. The number of unbranched alkanes of at least 4 members (excludes halogenated alkanes) is 1. The van der Waals surface area contributed by atoms with E-state index in [1.807, 2.05) is 6.92 Å². The maximum atomic E-state index is 3.22. The molecule has 0 bridgehead atoms. The van der Waals surface area contributed by atoms with Crippen LogP contribution in [0.15, 0.2) is 0 Å². The van der Waals surface area contributed by atoms with E-state index in [9.17, 15) is 0 Å². The quantitative estimate of drug-likeness (QED) is 0.523. The van der Waals surface area contributed by atoms with Crippen molar-refractivity contribution >= 4 is 0 Å². The van der Waals surface area contributed by atoms with Crippen molar-refractivity contribution in [2.24, 2.45) is 5.92 Å². The highest BCUT2D eigenvalue weighted by atomic mass is 14.0. The molecule has 1 atom stereocenters. The van der Waals surface area contributed by atoms with E-state index in [2.05, 4.69) is 25.7 Å². The zero-order valence-corrected chi connectivity index (χ0v) is 7.41. The van der Waals surface area contributed by atoms with Crippen molar-refractivity contribution in [1.29, 1.82) is 0 Å². The number of hydrogen-bond donors (Lipinski definition) is 0. The van der Waals surface area contributed by atoms with Gasteiger partial charge in [0.2, 0.25) is 0 Å². The fourth-order valence-corrected chi connectivity index (χ4v) is 1.03. The molecule has 0 aromatic heterocycles. The summed E-state index contributed by atoms with van der Waals surface area (Å²) in [5, 5.41) is 0. The zero-order chi connectivity index (χ0) is 7.82. The summed E-state index contributed by atoms with van der Waals surface area (Å²) in [5.74, 6) is 6.85. The lowest BCUT2D eigenvalue weighted by atomic mass is 10.0. The predicted molar refractivity (Wildman–Crippen MR) is 46.8 cm³/mol. The maximum Gasteiger partial charge on any atom is 0.0200 e. The first-order valence-electron chi connectivity index (χ1n) is 4.27. The van der Waals surface area contributed by atoms with E-state index in [0.29, 0.717) is 5.92 Å². The van der Waals surface area contributed by atoms with E-state index in [-0.39, 0.29) is 0 Å². The fourth-order valence-electron chi connectivity index (χ4n) is 1.03. The molecule has 0 amide bonds. The molecule has 0 fully saturated rings. The Morgan fingerprint density at radius 2 is 2.00 bits per heavy atom. The van der Waals surface area contributed by atoms with Crippen molar-refractivity contribution < 1.29 is 0 Å². The third-order valence-electron chi connectivity index (χ3n) is 1.75. The van der Waals surface area contributed by atoms with Crippen LogP contribution in [0.5, 0.6) is 0 Å². The van der Waals surface area contributed by atoms with Crippen molar-refractivity contribution in [3.8, 4) is 11.8 Å². The first kappa shape index (κ1) is 9.56. The molecule has 0 saturated carbocycles. The molecule has 0 N–H and O–H groups in total. The summed E-state index contributed by atoms with van der Waals surface area (Å²) in [5.41, 5.74) is 0. The van der Waals surface area contributed by atoms with Crippen LogP contribution in [-0.4, -0.2) is 0 Å². The molecular weight excluding hydrogens is 120 g/mol. The SMILES string of the molecule is CC#CC(CC)CCCC. The monoisotopic (exact) mass is 138 g/mol. The first-order chi connectivity index (χ1) is 4.85. The Morgan fingerprint density at radius 3 is 2.40 bits per heavy atom. The summed E-state index contributed by atoms with van der Waals surface area (Å²) in [6, 6.07) is 0. The summed E-state index contributed by atoms with van der Waals surface area (Å²) in [6.45, 7) is 6.37. The molecule has 0 radical (unpaired) electrons. The van der Waals surface area contributed by atoms with Crippen LogP contribution in [0.1, 0.15) is 46.5 Å². The molecule has 1 unspecified atom stereocenters. The summed E-state index contributed by atoms with van der Waals surface area (Å²) in [7, 11) is 0. The molecule has 0 saturated heterocycles. The van der Waals surface area contributed by atoms with E-state index >= 15 is 0 Å². The van der Waals surface area contributed by atoms with Crippen molar-refractivity contribution in [2.45, 2.75) is 46.5 Å². The second kappa shape index (κ2) is 6.68. The molecule has 0 heteroatoms. The average molecular weight is 138 g/mol. The molecule has 0 spiro atoms. The lowest BCUT2D eigenvalue weighted by Gasteiger charge is -2.04. The summed E-state index contributed by atoms with van der Waals surface area (Å²) >= 11 is 0. The lowest BCUT2D eigenvalue weighted by molar-refractivity contribution is 0.556. The molecule has 0 aromatic rings. The van der Waals surface area contributed by atoms with E-state index in [1.54, 1.807) is 0 Å². The van der Waals surface area contributed by atoms with Gasteiger partial charge in [0.1, 0.15) is 0 Å². The Balaban J connectivity index is 3.46. The molecule has 10 heavy (non-hydrogen) atoms. The minimum atomic E-state index is 0.657. The molecule has 0 aromatic carbocycles. The van der Waals surface area contributed by atoms with Gasteiger partial charge >= 0.3 is 0 Å². The van der Waals surface area contributed by atoms with E-state index in [1.165, 1.54) is 25.7 Å². The van der Waals surface area contributed by atoms with Crippen LogP contribution in [0, 0.1) is 17.8 Å². The Bertz CT molecular complexity index is 114. The van der Waals surface area contributed by atoms with Gasteiger partial charge in [0.05, 0.1) is 0 Å². The van der Waals surface area contributed by atoms with Crippen molar-refractivity contribution in [1.82, 2.24) is 0 Å². The molecule has 58 valence electrons. The van der Waals surface area contributed by atoms with Gasteiger partial charge in [0.25, 0.3) is 0 Å². The van der Waals surface area contributed by atoms with Crippen LogP contribution in [0.4, 0.5) is 0 Å². The van der Waals surface area contributed by atoms with Gasteiger partial charge in [-0.3, -0.25) is 0 Å². The third-order valence-corrected chi connectivity index (χ3v) is 1.75. The Labute approximate surface area is 65.0 Å². The Morgan fingerprint density at radius 1 is 1.30 bits per heavy atom. The highest BCUT2D eigenvalue weighted by Gasteiger charge is 1.98. The average Bonchev–Trinajstić information content (AvgIpc) is 1.98. The normalized spacial score (nSPS) is 11.9. The smallest absolute Gasteiger partial charge is 0.0200 e. The van der Waals surface area contributed by atoms with Gasteiger partial charge in [-0.2, -0.15) is 0 Å². The van der Waals surface area contributed by atoms with Crippen molar-refractivity contribution in [2.75, 3.05) is 0 Å². The van der Waals surface area contributed by atoms with Gasteiger partial charge in [-0.25, -0.2) is 0 Å². The van der Waals surface area contributed by atoms with E-state index < -0.39 is 0 Å². The Hall–Kier alpha value is -0.440. The first-order valence-corrected chi connectivity index (χ1v) is 4.27. The molecule has 0 aliphatic rings.